The van der Waals surface area contributed by atoms with Gasteiger partial charge in [0.2, 0.25) is 5.91 Å². The Bertz CT molecular complexity index is 496. The van der Waals surface area contributed by atoms with E-state index in [2.05, 4.69) is 5.32 Å². The van der Waals surface area contributed by atoms with E-state index < -0.39 is 11.5 Å². The highest BCUT2D eigenvalue weighted by atomic mass is 16.4. The van der Waals surface area contributed by atoms with Gasteiger partial charge in [-0.3, -0.25) is 9.59 Å². The first kappa shape index (κ1) is 14.6. The lowest BCUT2D eigenvalue weighted by atomic mass is 9.98. The number of aliphatic carboxylic acids is 1. The lowest BCUT2D eigenvalue weighted by Crippen LogP contribution is -2.44. The van der Waals surface area contributed by atoms with Crippen LogP contribution >= 0.6 is 0 Å². The number of nitrogens with one attached hydrogen (secondary N) is 1. The molecule has 1 saturated carbocycles. The third-order valence-electron chi connectivity index (χ3n) is 3.78. The molecule has 2 unspecified atom stereocenters. The van der Waals surface area contributed by atoms with Crippen LogP contribution in [-0.2, 0) is 9.59 Å². The summed E-state index contributed by atoms with van der Waals surface area (Å²) < 4.78 is 0. The molecule has 2 atom stereocenters. The maximum atomic E-state index is 12.2. The Morgan fingerprint density at radius 3 is 2.55 bits per heavy atom. The number of carbonyl (C=O) groups is 2. The molecule has 1 aromatic rings. The van der Waals surface area contributed by atoms with Gasteiger partial charge in [-0.25, -0.2) is 0 Å². The molecule has 108 valence electrons. The van der Waals surface area contributed by atoms with Crippen molar-refractivity contribution in [1.82, 2.24) is 5.32 Å². The highest BCUT2D eigenvalue weighted by Crippen LogP contribution is 2.47. The van der Waals surface area contributed by atoms with E-state index in [9.17, 15) is 9.59 Å². The van der Waals surface area contributed by atoms with Gasteiger partial charge >= 0.3 is 5.97 Å². The Labute approximate surface area is 119 Å². The van der Waals surface area contributed by atoms with E-state index in [1.165, 1.54) is 5.56 Å². The van der Waals surface area contributed by atoms with Crippen molar-refractivity contribution in [2.75, 3.05) is 0 Å². The minimum atomic E-state index is -0.832. The second-order valence-corrected chi connectivity index (χ2v) is 6.13. The van der Waals surface area contributed by atoms with Gasteiger partial charge in [-0.15, -0.1) is 0 Å². The summed E-state index contributed by atoms with van der Waals surface area (Å²) in [5, 5.41) is 11.7. The van der Waals surface area contributed by atoms with Crippen molar-refractivity contribution >= 4 is 11.9 Å². The fourth-order valence-electron chi connectivity index (χ4n) is 2.46. The van der Waals surface area contributed by atoms with Gasteiger partial charge in [-0.05, 0) is 38.2 Å². The fraction of sp³-hybridized carbons (Fsp3) is 0.500. The van der Waals surface area contributed by atoms with Gasteiger partial charge in [0.1, 0.15) is 0 Å². The van der Waals surface area contributed by atoms with Gasteiger partial charge < -0.3 is 10.4 Å². The third-order valence-corrected chi connectivity index (χ3v) is 3.78. The second kappa shape index (κ2) is 5.65. The van der Waals surface area contributed by atoms with Crippen molar-refractivity contribution in [2.45, 2.75) is 44.6 Å². The topological polar surface area (TPSA) is 66.4 Å². The maximum absolute atomic E-state index is 12.2. The van der Waals surface area contributed by atoms with Crippen molar-refractivity contribution in [3.05, 3.63) is 35.9 Å². The average molecular weight is 275 g/mol. The highest BCUT2D eigenvalue weighted by Gasteiger charge is 2.44. The molecule has 0 aromatic heterocycles. The minimum absolute atomic E-state index is 0.0292. The maximum Gasteiger partial charge on any atom is 0.303 e. The van der Waals surface area contributed by atoms with E-state index in [1.807, 2.05) is 44.2 Å². The van der Waals surface area contributed by atoms with Crippen LogP contribution in [0.4, 0.5) is 0 Å². The van der Waals surface area contributed by atoms with Crippen LogP contribution in [0.5, 0.6) is 0 Å². The zero-order chi connectivity index (χ0) is 14.8. The Hall–Kier alpha value is -1.84. The van der Waals surface area contributed by atoms with E-state index in [1.54, 1.807) is 0 Å². The molecule has 4 nitrogen and oxygen atoms in total. The molecule has 0 saturated heterocycles. The van der Waals surface area contributed by atoms with Crippen LogP contribution in [-0.4, -0.2) is 22.5 Å². The molecule has 20 heavy (non-hydrogen) atoms. The normalized spacial score (nSPS) is 21.3. The Morgan fingerprint density at radius 1 is 1.30 bits per heavy atom. The lowest BCUT2D eigenvalue weighted by molar-refractivity contribution is -0.138. The number of amides is 1. The number of carbonyl (C=O) groups excluding carboxylic acids is 1. The first-order chi connectivity index (χ1) is 9.39. The minimum Gasteiger partial charge on any atom is -0.481 e. The monoisotopic (exact) mass is 275 g/mol. The molecule has 1 aliphatic carbocycles. The SMILES string of the molecule is CC(C)(CCC(=O)O)NC(=O)C1CC1c1ccccc1. The Balaban J connectivity index is 1.86. The Kier molecular flexibility index (Phi) is 4.12. The van der Waals surface area contributed by atoms with Gasteiger partial charge in [0.25, 0.3) is 0 Å². The molecule has 0 spiro atoms. The van der Waals surface area contributed by atoms with Crippen LogP contribution in [0, 0.1) is 5.92 Å². The van der Waals surface area contributed by atoms with Gasteiger partial charge in [0.15, 0.2) is 0 Å². The molecular weight excluding hydrogens is 254 g/mol. The number of carboxylic acids is 1. The molecule has 1 aromatic carbocycles. The first-order valence-electron chi connectivity index (χ1n) is 6.98. The average Bonchev–Trinajstić information content (AvgIpc) is 3.17. The van der Waals surface area contributed by atoms with Gasteiger partial charge in [-0.2, -0.15) is 0 Å². The number of carboxylic acid groups (broad SMARTS) is 1. The molecule has 0 radical (unpaired) electrons. The summed E-state index contributed by atoms with van der Waals surface area (Å²) in [5.74, 6) is -0.455. The van der Waals surface area contributed by atoms with E-state index in [4.69, 9.17) is 5.11 Å². The van der Waals surface area contributed by atoms with Crippen molar-refractivity contribution in [2.24, 2.45) is 5.92 Å². The molecule has 1 amide bonds. The quantitative estimate of drug-likeness (QED) is 0.838. The van der Waals surface area contributed by atoms with E-state index >= 15 is 0 Å². The Morgan fingerprint density at radius 2 is 1.95 bits per heavy atom. The lowest BCUT2D eigenvalue weighted by Gasteiger charge is -2.25. The summed E-state index contributed by atoms with van der Waals surface area (Å²) >= 11 is 0. The number of benzene rings is 1. The number of hydrogen-bond donors (Lipinski definition) is 2. The van der Waals surface area contributed by atoms with E-state index in [0.717, 1.165) is 6.42 Å². The molecule has 0 bridgehead atoms. The summed E-state index contributed by atoms with van der Waals surface area (Å²) in [5.41, 5.74) is 0.732. The van der Waals surface area contributed by atoms with Crippen LogP contribution in [0.2, 0.25) is 0 Å². The van der Waals surface area contributed by atoms with Gasteiger partial charge in [-0.1, -0.05) is 30.3 Å². The molecular formula is C16H21NO3. The van der Waals surface area contributed by atoms with Crippen molar-refractivity contribution in [3.8, 4) is 0 Å². The van der Waals surface area contributed by atoms with Crippen molar-refractivity contribution in [1.29, 1.82) is 0 Å². The predicted octanol–water partition coefficient (Wildman–Crippen LogP) is 2.55. The summed E-state index contributed by atoms with van der Waals surface area (Å²) in [6.45, 7) is 3.74. The molecule has 2 rings (SSSR count). The number of rotatable bonds is 6. The highest BCUT2D eigenvalue weighted by molar-refractivity contribution is 5.83. The summed E-state index contributed by atoms with van der Waals surface area (Å²) in [7, 11) is 0. The predicted molar refractivity (Wildman–Crippen MR) is 76.4 cm³/mol. The molecule has 1 fully saturated rings. The van der Waals surface area contributed by atoms with Crippen LogP contribution in [0.3, 0.4) is 0 Å². The largest absolute Gasteiger partial charge is 0.481 e. The third kappa shape index (κ3) is 3.83. The number of hydrogen-bond acceptors (Lipinski definition) is 2. The van der Waals surface area contributed by atoms with Crippen molar-refractivity contribution < 1.29 is 14.7 Å². The van der Waals surface area contributed by atoms with Gasteiger partial charge in [0, 0.05) is 17.9 Å². The molecule has 0 aliphatic heterocycles. The van der Waals surface area contributed by atoms with E-state index in [0.29, 0.717) is 12.3 Å². The summed E-state index contributed by atoms with van der Waals surface area (Å²) in [6.07, 6.45) is 1.39. The van der Waals surface area contributed by atoms with Crippen LogP contribution in [0.15, 0.2) is 30.3 Å². The molecule has 0 heterocycles. The zero-order valence-electron chi connectivity index (χ0n) is 11.9. The van der Waals surface area contributed by atoms with Crippen LogP contribution in [0.25, 0.3) is 0 Å². The first-order valence-corrected chi connectivity index (χ1v) is 6.98. The summed E-state index contributed by atoms with van der Waals surface area (Å²) in [4.78, 5) is 22.8. The van der Waals surface area contributed by atoms with Gasteiger partial charge in [0.05, 0.1) is 0 Å². The molecule has 4 heteroatoms. The van der Waals surface area contributed by atoms with Crippen LogP contribution in [0.1, 0.15) is 44.6 Å². The summed E-state index contributed by atoms with van der Waals surface area (Å²) in [6, 6.07) is 10.0. The molecule has 2 N–H and O–H groups in total. The van der Waals surface area contributed by atoms with Crippen LogP contribution < -0.4 is 5.32 Å². The zero-order valence-corrected chi connectivity index (χ0v) is 11.9. The smallest absolute Gasteiger partial charge is 0.303 e. The van der Waals surface area contributed by atoms with Crippen molar-refractivity contribution in [3.63, 3.8) is 0 Å². The van der Waals surface area contributed by atoms with E-state index in [-0.39, 0.29) is 18.2 Å². The molecule has 1 aliphatic rings. The fourth-order valence-corrected chi connectivity index (χ4v) is 2.46. The standard InChI is InChI=1S/C16H21NO3/c1-16(2,9-8-14(18)19)17-15(20)13-10-12(13)11-6-4-3-5-7-11/h3-7,12-13H,8-10H2,1-2H3,(H,17,20)(H,18,19). The second-order valence-electron chi connectivity index (χ2n) is 6.13.